The van der Waals surface area contributed by atoms with E-state index in [1.807, 2.05) is 24.3 Å². The van der Waals surface area contributed by atoms with Crippen LogP contribution >= 0.6 is 0 Å². The van der Waals surface area contributed by atoms with Gasteiger partial charge in [0.25, 0.3) is 0 Å². The SMILES string of the molecule is Oc1cc(CCc2ccc3c(c2)OCO3)cc2c1OCO2. The second-order valence-electron chi connectivity index (χ2n) is 5.04. The van der Waals surface area contributed by atoms with Crippen LogP contribution in [0.2, 0.25) is 0 Å². The summed E-state index contributed by atoms with van der Waals surface area (Å²) < 4.78 is 21.2. The first-order valence-corrected chi connectivity index (χ1v) is 6.79. The van der Waals surface area contributed by atoms with E-state index in [-0.39, 0.29) is 19.3 Å². The monoisotopic (exact) mass is 286 g/mol. The number of phenols is 1. The fourth-order valence-electron chi connectivity index (χ4n) is 2.58. The zero-order valence-electron chi connectivity index (χ0n) is 11.3. The predicted octanol–water partition coefficient (Wildman–Crippen LogP) is 2.63. The number of ether oxygens (including phenoxy) is 4. The quantitative estimate of drug-likeness (QED) is 0.940. The Bertz CT molecular complexity index is 695. The molecule has 0 aliphatic carbocycles. The summed E-state index contributed by atoms with van der Waals surface area (Å²) in [5.74, 6) is 2.75. The summed E-state index contributed by atoms with van der Waals surface area (Å²) >= 11 is 0. The highest BCUT2D eigenvalue weighted by atomic mass is 16.7. The molecule has 1 N–H and O–H groups in total. The third-order valence-corrected chi connectivity index (χ3v) is 3.65. The van der Waals surface area contributed by atoms with Crippen LogP contribution in [-0.4, -0.2) is 18.7 Å². The van der Waals surface area contributed by atoms with Crippen LogP contribution in [-0.2, 0) is 12.8 Å². The van der Waals surface area contributed by atoms with Crippen LogP contribution in [0.1, 0.15) is 11.1 Å². The van der Waals surface area contributed by atoms with Crippen molar-refractivity contribution in [3.05, 3.63) is 41.5 Å². The van der Waals surface area contributed by atoms with Crippen molar-refractivity contribution in [2.24, 2.45) is 0 Å². The van der Waals surface area contributed by atoms with Gasteiger partial charge >= 0.3 is 0 Å². The number of aromatic hydroxyl groups is 1. The van der Waals surface area contributed by atoms with E-state index in [1.54, 1.807) is 6.07 Å². The van der Waals surface area contributed by atoms with Crippen molar-refractivity contribution in [3.63, 3.8) is 0 Å². The van der Waals surface area contributed by atoms with Crippen molar-refractivity contribution in [2.75, 3.05) is 13.6 Å². The lowest BCUT2D eigenvalue weighted by Gasteiger charge is -2.06. The molecule has 108 valence electrons. The van der Waals surface area contributed by atoms with Gasteiger partial charge in [0.05, 0.1) is 0 Å². The van der Waals surface area contributed by atoms with Crippen LogP contribution in [0.15, 0.2) is 30.3 Å². The van der Waals surface area contributed by atoms with Crippen LogP contribution in [0, 0.1) is 0 Å². The Labute approximate surface area is 121 Å². The molecule has 0 atom stereocenters. The Morgan fingerprint density at radius 2 is 1.48 bits per heavy atom. The lowest BCUT2D eigenvalue weighted by atomic mass is 10.0. The fourth-order valence-corrected chi connectivity index (χ4v) is 2.58. The number of rotatable bonds is 3. The maximum Gasteiger partial charge on any atom is 0.231 e. The third-order valence-electron chi connectivity index (χ3n) is 3.65. The molecule has 2 aliphatic rings. The summed E-state index contributed by atoms with van der Waals surface area (Å²) in [5, 5.41) is 9.89. The van der Waals surface area contributed by atoms with E-state index >= 15 is 0 Å². The number of aryl methyl sites for hydroxylation is 2. The minimum atomic E-state index is 0.130. The van der Waals surface area contributed by atoms with Crippen molar-refractivity contribution in [2.45, 2.75) is 12.8 Å². The predicted molar refractivity (Wildman–Crippen MR) is 74.2 cm³/mol. The van der Waals surface area contributed by atoms with Gasteiger partial charge < -0.3 is 24.1 Å². The zero-order chi connectivity index (χ0) is 14.2. The average Bonchev–Trinajstić information content (AvgIpc) is 3.13. The Balaban J connectivity index is 1.51. The van der Waals surface area contributed by atoms with Gasteiger partial charge in [-0.1, -0.05) is 6.07 Å². The van der Waals surface area contributed by atoms with Gasteiger partial charge in [-0.2, -0.15) is 0 Å². The molecule has 2 heterocycles. The minimum Gasteiger partial charge on any atom is -0.504 e. The van der Waals surface area contributed by atoms with Gasteiger partial charge in [-0.3, -0.25) is 0 Å². The molecule has 5 heteroatoms. The van der Waals surface area contributed by atoms with E-state index in [9.17, 15) is 5.11 Å². The van der Waals surface area contributed by atoms with Crippen LogP contribution < -0.4 is 18.9 Å². The first-order chi connectivity index (χ1) is 10.3. The largest absolute Gasteiger partial charge is 0.504 e. The Kier molecular flexibility index (Phi) is 2.77. The highest BCUT2D eigenvalue weighted by Gasteiger charge is 2.19. The molecule has 0 radical (unpaired) electrons. The summed E-state index contributed by atoms with van der Waals surface area (Å²) in [4.78, 5) is 0. The van der Waals surface area contributed by atoms with E-state index in [0.29, 0.717) is 11.5 Å². The zero-order valence-corrected chi connectivity index (χ0v) is 11.3. The van der Waals surface area contributed by atoms with Crippen molar-refractivity contribution in [3.8, 4) is 28.7 Å². The fraction of sp³-hybridized carbons (Fsp3) is 0.250. The summed E-state index contributed by atoms with van der Waals surface area (Å²) in [5.41, 5.74) is 2.17. The summed E-state index contributed by atoms with van der Waals surface area (Å²) in [6.07, 6.45) is 1.64. The summed E-state index contributed by atoms with van der Waals surface area (Å²) in [6.45, 7) is 0.448. The highest BCUT2D eigenvalue weighted by Crippen LogP contribution is 2.41. The third kappa shape index (κ3) is 2.20. The molecule has 2 aliphatic heterocycles. The molecule has 0 bridgehead atoms. The van der Waals surface area contributed by atoms with E-state index in [4.69, 9.17) is 18.9 Å². The van der Waals surface area contributed by atoms with Crippen LogP contribution in [0.5, 0.6) is 28.7 Å². The molecule has 21 heavy (non-hydrogen) atoms. The maximum absolute atomic E-state index is 9.89. The molecule has 0 aromatic heterocycles. The van der Waals surface area contributed by atoms with E-state index in [1.165, 1.54) is 0 Å². The van der Waals surface area contributed by atoms with Gasteiger partial charge in [-0.15, -0.1) is 0 Å². The van der Waals surface area contributed by atoms with Crippen LogP contribution in [0.25, 0.3) is 0 Å². The molecule has 0 unspecified atom stereocenters. The van der Waals surface area contributed by atoms with Crippen molar-refractivity contribution in [1.82, 2.24) is 0 Å². The highest BCUT2D eigenvalue weighted by molar-refractivity contribution is 5.54. The smallest absolute Gasteiger partial charge is 0.231 e. The standard InChI is InChI=1S/C16H14O5/c17-12-5-11(7-15-16(12)21-9-20-15)2-1-10-3-4-13-14(6-10)19-8-18-13/h3-7,17H,1-2,8-9H2. The van der Waals surface area contributed by atoms with Crippen molar-refractivity contribution < 1.29 is 24.1 Å². The molecule has 4 rings (SSSR count). The van der Waals surface area contributed by atoms with Gasteiger partial charge in [-0.05, 0) is 48.2 Å². The van der Waals surface area contributed by atoms with Gasteiger partial charge in [0.2, 0.25) is 19.3 Å². The molecule has 2 aromatic rings. The molecular formula is C16H14O5. The lowest BCUT2D eigenvalue weighted by molar-refractivity contribution is 0.171. The maximum atomic E-state index is 9.89. The van der Waals surface area contributed by atoms with Crippen LogP contribution in [0.4, 0.5) is 0 Å². The first kappa shape index (κ1) is 12.2. The van der Waals surface area contributed by atoms with Gasteiger partial charge in [0.1, 0.15) is 0 Å². The molecule has 2 aromatic carbocycles. The topological polar surface area (TPSA) is 57.2 Å². The average molecular weight is 286 g/mol. The molecule has 5 nitrogen and oxygen atoms in total. The molecule has 0 saturated heterocycles. The second-order valence-corrected chi connectivity index (χ2v) is 5.04. The Morgan fingerprint density at radius 1 is 0.762 bits per heavy atom. The summed E-state index contributed by atoms with van der Waals surface area (Å²) in [7, 11) is 0. The first-order valence-electron chi connectivity index (χ1n) is 6.79. The summed E-state index contributed by atoms with van der Waals surface area (Å²) in [6, 6.07) is 9.58. The minimum absolute atomic E-state index is 0.130. The molecular weight excluding hydrogens is 272 g/mol. The molecule has 0 fully saturated rings. The van der Waals surface area contributed by atoms with Gasteiger partial charge in [0, 0.05) is 0 Å². The van der Waals surface area contributed by atoms with Gasteiger partial charge in [-0.25, -0.2) is 0 Å². The number of fused-ring (bicyclic) bond motifs is 2. The van der Waals surface area contributed by atoms with Crippen molar-refractivity contribution >= 4 is 0 Å². The number of hydrogen-bond donors (Lipinski definition) is 1. The number of benzene rings is 2. The second kappa shape index (κ2) is 4.77. The Hall–Kier alpha value is -2.56. The Morgan fingerprint density at radius 3 is 2.43 bits per heavy atom. The number of phenolic OH excluding ortho intramolecular Hbond substituents is 1. The molecule has 0 amide bonds. The van der Waals surface area contributed by atoms with Crippen molar-refractivity contribution in [1.29, 1.82) is 0 Å². The van der Waals surface area contributed by atoms with E-state index in [0.717, 1.165) is 35.5 Å². The van der Waals surface area contributed by atoms with E-state index in [2.05, 4.69) is 0 Å². The van der Waals surface area contributed by atoms with Crippen LogP contribution in [0.3, 0.4) is 0 Å². The normalized spacial score (nSPS) is 14.5. The number of hydrogen-bond acceptors (Lipinski definition) is 5. The molecule has 0 saturated carbocycles. The van der Waals surface area contributed by atoms with E-state index < -0.39 is 0 Å². The lowest BCUT2D eigenvalue weighted by Crippen LogP contribution is -1.93. The van der Waals surface area contributed by atoms with Gasteiger partial charge in [0.15, 0.2) is 23.0 Å². The molecule has 0 spiro atoms.